The van der Waals surface area contributed by atoms with Gasteiger partial charge >= 0.3 is 6.03 Å². The lowest BCUT2D eigenvalue weighted by Gasteiger charge is -2.08. The van der Waals surface area contributed by atoms with Gasteiger partial charge in [0.1, 0.15) is 5.75 Å². The first-order valence-electron chi connectivity index (χ1n) is 5.82. The summed E-state index contributed by atoms with van der Waals surface area (Å²) in [6.45, 7) is 0.307. The first kappa shape index (κ1) is 14.5. The molecule has 0 unspecified atom stereocenters. The predicted molar refractivity (Wildman–Crippen MR) is 80.4 cm³/mol. The van der Waals surface area contributed by atoms with E-state index in [2.05, 4.69) is 10.6 Å². The molecule has 4 nitrogen and oxygen atoms in total. The smallest absolute Gasteiger partial charge is 0.319 e. The Bertz CT molecular complexity index is 632. The van der Waals surface area contributed by atoms with Gasteiger partial charge in [-0.05, 0) is 35.9 Å². The summed E-state index contributed by atoms with van der Waals surface area (Å²) in [5.74, 6) is 0.161. The highest BCUT2D eigenvalue weighted by atomic mass is 35.5. The third kappa shape index (κ3) is 4.05. The van der Waals surface area contributed by atoms with Gasteiger partial charge in [0.15, 0.2) is 0 Å². The zero-order valence-electron chi connectivity index (χ0n) is 10.4. The number of phenolic OH excluding ortho intramolecular Hbond substituents is 1. The molecule has 0 radical (unpaired) electrons. The van der Waals surface area contributed by atoms with Crippen LogP contribution in [0, 0.1) is 0 Å². The molecule has 0 aliphatic rings. The second-order valence-corrected chi connectivity index (χ2v) is 4.92. The van der Waals surface area contributed by atoms with E-state index in [1.807, 2.05) is 0 Å². The molecule has 0 atom stereocenters. The van der Waals surface area contributed by atoms with E-state index in [0.29, 0.717) is 22.3 Å². The van der Waals surface area contributed by atoms with Crippen LogP contribution >= 0.6 is 23.2 Å². The SMILES string of the molecule is O=C(NCc1cccc(O)c1)Nc1ccc(Cl)c(Cl)c1. The number of halogens is 2. The highest BCUT2D eigenvalue weighted by Gasteiger charge is 2.04. The molecule has 0 bridgehead atoms. The topological polar surface area (TPSA) is 61.4 Å². The summed E-state index contributed by atoms with van der Waals surface area (Å²) in [6, 6.07) is 11.1. The molecule has 0 aliphatic carbocycles. The molecule has 2 amide bonds. The number of amides is 2. The van der Waals surface area contributed by atoms with Gasteiger partial charge in [-0.1, -0.05) is 35.3 Å². The quantitative estimate of drug-likeness (QED) is 0.801. The zero-order chi connectivity index (χ0) is 14.5. The Balaban J connectivity index is 1.91. The van der Waals surface area contributed by atoms with Crippen molar-refractivity contribution >= 4 is 34.9 Å². The maximum absolute atomic E-state index is 11.7. The van der Waals surface area contributed by atoms with Gasteiger partial charge in [0.2, 0.25) is 0 Å². The molecule has 3 N–H and O–H groups in total. The third-order valence-corrected chi connectivity index (χ3v) is 3.28. The highest BCUT2D eigenvalue weighted by molar-refractivity contribution is 6.42. The van der Waals surface area contributed by atoms with E-state index in [-0.39, 0.29) is 11.8 Å². The molecule has 20 heavy (non-hydrogen) atoms. The first-order chi connectivity index (χ1) is 9.54. The van der Waals surface area contributed by atoms with Crippen LogP contribution in [0.4, 0.5) is 10.5 Å². The van der Waals surface area contributed by atoms with Crippen LogP contribution in [-0.4, -0.2) is 11.1 Å². The number of benzene rings is 2. The number of urea groups is 1. The molecule has 0 spiro atoms. The van der Waals surface area contributed by atoms with Crippen LogP contribution in [0.5, 0.6) is 5.75 Å². The summed E-state index contributed by atoms with van der Waals surface area (Å²) < 4.78 is 0. The summed E-state index contributed by atoms with van der Waals surface area (Å²) >= 11 is 11.6. The summed E-state index contributed by atoms with van der Waals surface area (Å²) in [5.41, 5.74) is 1.35. The van der Waals surface area contributed by atoms with Crippen LogP contribution in [0.3, 0.4) is 0 Å². The lowest BCUT2D eigenvalue weighted by atomic mass is 10.2. The van der Waals surface area contributed by atoms with Crippen molar-refractivity contribution in [2.75, 3.05) is 5.32 Å². The summed E-state index contributed by atoms with van der Waals surface area (Å²) in [5, 5.41) is 15.4. The lowest BCUT2D eigenvalue weighted by Crippen LogP contribution is -2.28. The van der Waals surface area contributed by atoms with Crippen molar-refractivity contribution in [2.45, 2.75) is 6.54 Å². The summed E-state index contributed by atoms with van der Waals surface area (Å²) in [6.07, 6.45) is 0. The maximum Gasteiger partial charge on any atom is 0.319 e. The van der Waals surface area contributed by atoms with Crippen LogP contribution in [0.2, 0.25) is 10.0 Å². The molecule has 0 fully saturated rings. The molecule has 6 heteroatoms. The van der Waals surface area contributed by atoms with Crippen LogP contribution in [0.25, 0.3) is 0 Å². The van der Waals surface area contributed by atoms with E-state index in [9.17, 15) is 9.90 Å². The first-order valence-corrected chi connectivity index (χ1v) is 6.58. The van der Waals surface area contributed by atoms with Gasteiger partial charge in [-0.25, -0.2) is 4.79 Å². The Morgan fingerprint density at radius 3 is 2.60 bits per heavy atom. The monoisotopic (exact) mass is 310 g/mol. The van der Waals surface area contributed by atoms with E-state index >= 15 is 0 Å². The minimum Gasteiger partial charge on any atom is -0.508 e. The molecular weight excluding hydrogens is 299 g/mol. The van der Waals surface area contributed by atoms with Gasteiger partial charge in [0, 0.05) is 12.2 Å². The summed E-state index contributed by atoms with van der Waals surface area (Å²) in [7, 11) is 0. The van der Waals surface area contributed by atoms with Gasteiger partial charge in [-0.2, -0.15) is 0 Å². The van der Waals surface area contributed by atoms with Crippen molar-refractivity contribution in [3.05, 3.63) is 58.1 Å². The second kappa shape index (κ2) is 6.50. The summed E-state index contributed by atoms with van der Waals surface area (Å²) in [4.78, 5) is 11.7. The Labute approximate surface area is 126 Å². The number of carbonyl (C=O) groups is 1. The zero-order valence-corrected chi connectivity index (χ0v) is 11.9. The van der Waals surface area contributed by atoms with Crippen LogP contribution in [0.1, 0.15) is 5.56 Å². The van der Waals surface area contributed by atoms with Crippen molar-refractivity contribution in [3.63, 3.8) is 0 Å². The van der Waals surface area contributed by atoms with Gasteiger partial charge in [0.05, 0.1) is 10.0 Å². The number of hydrogen-bond donors (Lipinski definition) is 3. The lowest BCUT2D eigenvalue weighted by molar-refractivity contribution is 0.251. The molecule has 104 valence electrons. The Kier molecular flexibility index (Phi) is 4.71. The Hall–Kier alpha value is -1.91. The van der Waals surface area contributed by atoms with E-state index in [1.54, 1.807) is 42.5 Å². The fourth-order valence-corrected chi connectivity index (χ4v) is 1.90. The van der Waals surface area contributed by atoms with Crippen LogP contribution in [0.15, 0.2) is 42.5 Å². The molecule has 0 aliphatic heterocycles. The molecule has 0 saturated heterocycles. The second-order valence-electron chi connectivity index (χ2n) is 4.11. The van der Waals surface area contributed by atoms with Crippen LogP contribution < -0.4 is 10.6 Å². The molecule has 2 aromatic carbocycles. The van der Waals surface area contributed by atoms with Gasteiger partial charge in [-0.15, -0.1) is 0 Å². The van der Waals surface area contributed by atoms with E-state index < -0.39 is 0 Å². The largest absolute Gasteiger partial charge is 0.508 e. The molecular formula is C14H12Cl2N2O2. The van der Waals surface area contributed by atoms with Crippen LogP contribution in [-0.2, 0) is 6.54 Å². The minimum atomic E-state index is -0.369. The van der Waals surface area contributed by atoms with Crippen molar-refractivity contribution in [1.29, 1.82) is 0 Å². The molecule has 0 heterocycles. The Morgan fingerprint density at radius 2 is 1.90 bits per heavy atom. The fraction of sp³-hybridized carbons (Fsp3) is 0.0714. The predicted octanol–water partition coefficient (Wildman–Crippen LogP) is 4.02. The van der Waals surface area contributed by atoms with Crippen molar-refractivity contribution in [1.82, 2.24) is 5.32 Å². The van der Waals surface area contributed by atoms with E-state index in [0.717, 1.165) is 5.56 Å². The number of carbonyl (C=O) groups excluding carboxylic acids is 1. The van der Waals surface area contributed by atoms with Crippen molar-refractivity contribution in [3.8, 4) is 5.75 Å². The number of anilines is 1. The van der Waals surface area contributed by atoms with Gasteiger partial charge < -0.3 is 15.7 Å². The van der Waals surface area contributed by atoms with Crippen molar-refractivity contribution in [2.24, 2.45) is 0 Å². The average Bonchev–Trinajstić information content (AvgIpc) is 2.41. The third-order valence-electron chi connectivity index (χ3n) is 2.54. The van der Waals surface area contributed by atoms with Gasteiger partial charge in [0.25, 0.3) is 0 Å². The van der Waals surface area contributed by atoms with E-state index in [4.69, 9.17) is 23.2 Å². The number of nitrogens with one attached hydrogen (secondary N) is 2. The van der Waals surface area contributed by atoms with Gasteiger partial charge in [-0.3, -0.25) is 0 Å². The Morgan fingerprint density at radius 1 is 1.10 bits per heavy atom. The molecule has 0 aromatic heterocycles. The number of rotatable bonds is 3. The van der Waals surface area contributed by atoms with Crippen molar-refractivity contribution < 1.29 is 9.90 Å². The number of phenols is 1. The molecule has 2 rings (SSSR count). The number of hydrogen-bond acceptors (Lipinski definition) is 2. The fourth-order valence-electron chi connectivity index (χ4n) is 1.60. The average molecular weight is 311 g/mol. The molecule has 0 saturated carbocycles. The minimum absolute atomic E-state index is 0.161. The standard InChI is InChI=1S/C14H12Cl2N2O2/c15-12-5-4-10(7-13(12)16)18-14(20)17-8-9-2-1-3-11(19)6-9/h1-7,19H,8H2,(H2,17,18,20). The number of aromatic hydroxyl groups is 1. The molecule has 2 aromatic rings. The van der Waals surface area contributed by atoms with E-state index in [1.165, 1.54) is 0 Å². The maximum atomic E-state index is 11.7. The highest BCUT2D eigenvalue weighted by Crippen LogP contribution is 2.24. The normalized spacial score (nSPS) is 10.1.